The van der Waals surface area contributed by atoms with Gasteiger partial charge >= 0.3 is 0 Å². The molecule has 158 valence electrons. The third kappa shape index (κ3) is 5.83. The Hall–Kier alpha value is -3.35. The topological polar surface area (TPSA) is 99.8 Å². The molecular weight excluding hydrogens is 378 g/mol. The van der Waals surface area contributed by atoms with E-state index in [2.05, 4.69) is 46.7 Å². The van der Waals surface area contributed by atoms with Crippen LogP contribution in [0.1, 0.15) is 40.7 Å². The number of primary amides is 1. The van der Waals surface area contributed by atoms with E-state index in [9.17, 15) is 9.59 Å². The zero-order chi connectivity index (χ0) is 21.3. The highest BCUT2D eigenvalue weighted by molar-refractivity contribution is 5.96. The first kappa shape index (κ1) is 21.4. The van der Waals surface area contributed by atoms with Crippen LogP contribution >= 0.6 is 0 Å². The third-order valence-electron chi connectivity index (χ3n) is 5.14. The van der Waals surface area contributed by atoms with Crippen molar-refractivity contribution in [2.45, 2.75) is 25.8 Å². The molecule has 7 heteroatoms. The van der Waals surface area contributed by atoms with E-state index in [4.69, 9.17) is 10.7 Å². The van der Waals surface area contributed by atoms with Crippen molar-refractivity contribution in [2.75, 3.05) is 26.2 Å². The Labute approximate surface area is 177 Å². The minimum absolute atomic E-state index is 0.170. The van der Waals surface area contributed by atoms with Crippen molar-refractivity contribution in [2.24, 2.45) is 10.7 Å². The van der Waals surface area contributed by atoms with Crippen molar-refractivity contribution < 1.29 is 9.59 Å². The summed E-state index contributed by atoms with van der Waals surface area (Å²) in [5.74, 6) is 0.551. The zero-order valence-corrected chi connectivity index (χ0v) is 17.3. The summed E-state index contributed by atoms with van der Waals surface area (Å²) in [6.07, 6.45) is 1.11. The summed E-state index contributed by atoms with van der Waals surface area (Å²) >= 11 is 0. The molecular formula is C23H29N5O2. The van der Waals surface area contributed by atoms with E-state index < -0.39 is 5.91 Å². The number of benzene rings is 2. The van der Waals surface area contributed by atoms with Gasteiger partial charge in [0.1, 0.15) is 0 Å². The number of nitrogens with zero attached hydrogens (tertiary/aromatic N) is 2. The van der Waals surface area contributed by atoms with Gasteiger partial charge in [0.25, 0.3) is 5.91 Å². The lowest BCUT2D eigenvalue weighted by Crippen LogP contribution is -2.40. The van der Waals surface area contributed by atoms with Crippen LogP contribution in [0.2, 0.25) is 0 Å². The summed E-state index contributed by atoms with van der Waals surface area (Å²) in [6.45, 7) is 5.16. The van der Waals surface area contributed by atoms with Crippen LogP contribution in [0.25, 0.3) is 0 Å². The summed E-state index contributed by atoms with van der Waals surface area (Å²) in [7, 11) is 0. The molecule has 0 spiro atoms. The molecule has 0 aromatic heterocycles. The van der Waals surface area contributed by atoms with E-state index in [0.29, 0.717) is 18.0 Å². The van der Waals surface area contributed by atoms with Crippen LogP contribution in [-0.4, -0.2) is 48.9 Å². The largest absolute Gasteiger partial charge is 0.368 e. The average molecular weight is 408 g/mol. The number of guanidine groups is 1. The molecule has 4 N–H and O–H groups in total. The van der Waals surface area contributed by atoms with Crippen LogP contribution in [-0.2, 0) is 11.3 Å². The Morgan fingerprint density at radius 3 is 2.50 bits per heavy atom. The van der Waals surface area contributed by atoms with Gasteiger partial charge in [-0.25, -0.2) is 4.99 Å². The molecule has 0 bridgehead atoms. The van der Waals surface area contributed by atoms with Crippen molar-refractivity contribution in [3.8, 4) is 0 Å². The van der Waals surface area contributed by atoms with Crippen molar-refractivity contribution in [1.29, 1.82) is 0 Å². The Morgan fingerprint density at radius 1 is 1.10 bits per heavy atom. The van der Waals surface area contributed by atoms with Gasteiger partial charge in [-0.15, -0.1) is 0 Å². The fourth-order valence-corrected chi connectivity index (χ4v) is 3.57. The van der Waals surface area contributed by atoms with E-state index >= 15 is 0 Å². The second-order valence-electron chi connectivity index (χ2n) is 7.36. The van der Waals surface area contributed by atoms with Gasteiger partial charge in [-0.3, -0.25) is 9.59 Å². The molecule has 1 aliphatic heterocycles. The summed E-state index contributed by atoms with van der Waals surface area (Å²) < 4.78 is 0. The van der Waals surface area contributed by atoms with Crippen molar-refractivity contribution >= 4 is 17.8 Å². The van der Waals surface area contributed by atoms with Crippen LogP contribution in [0.3, 0.4) is 0 Å². The maximum absolute atomic E-state index is 12.0. The number of amides is 2. The SMILES string of the molecule is CCNC(=NCc1ccc(C(=O)NCC(N)=O)cc1)N1CCC(c2ccccc2)C1. The lowest BCUT2D eigenvalue weighted by Gasteiger charge is -2.22. The highest BCUT2D eigenvalue weighted by atomic mass is 16.2. The number of carbonyl (C=O) groups excluding carboxylic acids is 2. The van der Waals surface area contributed by atoms with Crippen molar-refractivity contribution in [1.82, 2.24) is 15.5 Å². The summed E-state index contributed by atoms with van der Waals surface area (Å²) in [5.41, 5.74) is 7.92. The van der Waals surface area contributed by atoms with Crippen molar-refractivity contribution in [3.63, 3.8) is 0 Å². The lowest BCUT2D eigenvalue weighted by molar-refractivity contribution is -0.117. The smallest absolute Gasteiger partial charge is 0.251 e. The Kier molecular flexibility index (Phi) is 7.43. The molecule has 1 saturated heterocycles. The normalized spacial score (nSPS) is 16.4. The average Bonchev–Trinajstić information content (AvgIpc) is 3.26. The highest BCUT2D eigenvalue weighted by Gasteiger charge is 2.25. The summed E-state index contributed by atoms with van der Waals surface area (Å²) in [4.78, 5) is 29.9. The molecule has 3 rings (SSSR count). The number of likely N-dealkylation sites (tertiary alicyclic amines) is 1. The van der Waals surface area contributed by atoms with Crippen LogP contribution in [0.5, 0.6) is 0 Å². The first-order valence-corrected chi connectivity index (χ1v) is 10.3. The number of rotatable bonds is 7. The van der Waals surface area contributed by atoms with Gasteiger partial charge in [-0.05, 0) is 36.6 Å². The number of nitrogens with one attached hydrogen (secondary N) is 2. The molecule has 1 heterocycles. The van der Waals surface area contributed by atoms with Gasteiger partial charge in [0.15, 0.2) is 5.96 Å². The van der Waals surface area contributed by atoms with Gasteiger partial charge in [-0.2, -0.15) is 0 Å². The number of carbonyl (C=O) groups is 2. The van der Waals surface area contributed by atoms with E-state index in [0.717, 1.165) is 37.6 Å². The predicted molar refractivity (Wildman–Crippen MR) is 118 cm³/mol. The number of nitrogens with two attached hydrogens (primary N) is 1. The fourth-order valence-electron chi connectivity index (χ4n) is 3.57. The quantitative estimate of drug-likeness (QED) is 0.482. The molecule has 0 saturated carbocycles. The molecule has 7 nitrogen and oxygen atoms in total. The molecule has 1 atom stereocenters. The highest BCUT2D eigenvalue weighted by Crippen LogP contribution is 2.27. The zero-order valence-electron chi connectivity index (χ0n) is 17.3. The van der Waals surface area contributed by atoms with Crippen LogP contribution in [0.15, 0.2) is 59.6 Å². The Morgan fingerprint density at radius 2 is 1.83 bits per heavy atom. The van der Waals surface area contributed by atoms with Crippen LogP contribution in [0, 0.1) is 0 Å². The second kappa shape index (κ2) is 10.4. The molecule has 1 aliphatic rings. The first-order chi connectivity index (χ1) is 14.6. The maximum Gasteiger partial charge on any atom is 0.251 e. The monoisotopic (exact) mass is 407 g/mol. The minimum Gasteiger partial charge on any atom is -0.368 e. The Bertz CT molecular complexity index is 880. The maximum atomic E-state index is 12.0. The van der Waals surface area contributed by atoms with Crippen LogP contribution in [0.4, 0.5) is 0 Å². The number of hydrogen-bond acceptors (Lipinski definition) is 3. The van der Waals surface area contributed by atoms with Gasteiger partial charge in [0.2, 0.25) is 5.91 Å². The van der Waals surface area contributed by atoms with Gasteiger partial charge in [-0.1, -0.05) is 42.5 Å². The van der Waals surface area contributed by atoms with E-state index in [1.807, 2.05) is 18.2 Å². The molecule has 0 aliphatic carbocycles. The fraction of sp³-hybridized carbons (Fsp3) is 0.348. The molecule has 1 unspecified atom stereocenters. The number of hydrogen-bond donors (Lipinski definition) is 3. The predicted octanol–water partition coefficient (Wildman–Crippen LogP) is 1.86. The summed E-state index contributed by atoms with van der Waals surface area (Å²) in [5, 5.41) is 5.87. The van der Waals surface area contributed by atoms with Gasteiger partial charge in [0, 0.05) is 31.1 Å². The van der Waals surface area contributed by atoms with E-state index in [1.54, 1.807) is 12.1 Å². The number of aliphatic imine (C=N–C) groups is 1. The lowest BCUT2D eigenvalue weighted by atomic mass is 9.99. The molecule has 30 heavy (non-hydrogen) atoms. The van der Waals surface area contributed by atoms with Gasteiger partial charge in [0.05, 0.1) is 13.1 Å². The molecule has 2 amide bonds. The van der Waals surface area contributed by atoms with E-state index in [-0.39, 0.29) is 12.5 Å². The molecule has 2 aromatic carbocycles. The second-order valence-corrected chi connectivity index (χ2v) is 7.36. The van der Waals surface area contributed by atoms with Crippen molar-refractivity contribution in [3.05, 3.63) is 71.3 Å². The first-order valence-electron chi connectivity index (χ1n) is 10.3. The van der Waals surface area contributed by atoms with Crippen LogP contribution < -0.4 is 16.4 Å². The summed E-state index contributed by atoms with van der Waals surface area (Å²) in [6, 6.07) is 17.8. The van der Waals surface area contributed by atoms with E-state index in [1.165, 1.54) is 5.56 Å². The third-order valence-corrected chi connectivity index (χ3v) is 5.14. The van der Waals surface area contributed by atoms with Gasteiger partial charge < -0.3 is 21.3 Å². The molecule has 2 aromatic rings. The standard InChI is InChI=1S/C23H29N5O2/c1-2-25-23(28-13-12-20(16-28)18-6-4-3-5-7-18)27-14-17-8-10-19(11-9-17)22(30)26-15-21(24)29/h3-11,20H,2,12-16H2,1H3,(H2,24,29)(H,25,27)(H,26,30). The molecule has 1 fully saturated rings. The minimum atomic E-state index is -0.568. The molecule has 0 radical (unpaired) electrons. The Balaban J connectivity index is 1.61.